The fraction of sp³-hybridized carbons (Fsp3) is 0.100. The van der Waals surface area contributed by atoms with Gasteiger partial charge in [-0.3, -0.25) is 4.79 Å². The lowest BCUT2D eigenvalue weighted by Gasteiger charge is -2.09. The van der Waals surface area contributed by atoms with Gasteiger partial charge in [0.1, 0.15) is 0 Å². The minimum absolute atomic E-state index is 0.0687. The van der Waals surface area contributed by atoms with Crippen LogP contribution in [0.1, 0.15) is 0 Å². The second-order valence-electron chi connectivity index (χ2n) is 3.49. The maximum absolute atomic E-state index is 12.0. The molecule has 20 heavy (non-hydrogen) atoms. The van der Waals surface area contributed by atoms with Gasteiger partial charge in [0.25, 0.3) is 0 Å². The number of hydrogen-bond donors (Lipinski definition) is 2. The molecule has 2 aromatic rings. The summed E-state index contributed by atoms with van der Waals surface area (Å²) in [6.07, 6.45) is 0. The molecular formula is C10H7I3N4OS2. The minimum atomic E-state index is -0.0687. The van der Waals surface area contributed by atoms with Gasteiger partial charge in [-0.25, -0.2) is 0 Å². The molecule has 0 bridgehead atoms. The summed E-state index contributed by atoms with van der Waals surface area (Å²) in [5, 5.41) is 10.9. The summed E-state index contributed by atoms with van der Waals surface area (Å²) in [4.78, 5) is 12.0. The molecule has 106 valence electrons. The van der Waals surface area contributed by atoms with Crippen LogP contribution in [-0.4, -0.2) is 21.9 Å². The minimum Gasteiger partial charge on any atom is -0.374 e. The molecule has 1 aromatic carbocycles. The molecule has 0 saturated heterocycles. The van der Waals surface area contributed by atoms with Crippen molar-refractivity contribution in [2.24, 2.45) is 0 Å². The Morgan fingerprint density at radius 2 is 1.95 bits per heavy atom. The number of carbonyl (C=O) groups is 1. The molecule has 0 aliphatic heterocycles. The normalized spacial score (nSPS) is 10.6. The molecule has 1 amide bonds. The van der Waals surface area contributed by atoms with Gasteiger partial charge in [-0.2, -0.15) is 0 Å². The van der Waals surface area contributed by atoms with E-state index in [0.717, 1.165) is 16.4 Å². The van der Waals surface area contributed by atoms with Gasteiger partial charge in [0, 0.05) is 10.7 Å². The molecule has 0 saturated carbocycles. The third-order valence-corrected chi connectivity index (χ3v) is 6.23. The Morgan fingerprint density at radius 1 is 1.30 bits per heavy atom. The fourth-order valence-corrected chi connectivity index (χ4v) is 6.53. The highest BCUT2D eigenvalue weighted by Gasteiger charge is 2.12. The number of hydrogen-bond acceptors (Lipinski definition) is 6. The zero-order chi connectivity index (χ0) is 14.7. The van der Waals surface area contributed by atoms with E-state index in [4.69, 9.17) is 5.73 Å². The van der Waals surface area contributed by atoms with Crippen molar-refractivity contribution in [3.8, 4) is 0 Å². The molecule has 10 heteroatoms. The van der Waals surface area contributed by atoms with Gasteiger partial charge in [-0.05, 0) is 79.9 Å². The van der Waals surface area contributed by atoms with E-state index in [1.165, 1.54) is 23.1 Å². The van der Waals surface area contributed by atoms with E-state index in [0.29, 0.717) is 9.47 Å². The van der Waals surface area contributed by atoms with Crippen molar-refractivity contribution >= 4 is 108 Å². The van der Waals surface area contributed by atoms with Crippen LogP contribution in [0.3, 0.4) is 0 Å². The monoisotopic (exact) mass is 644 g/mol. The van der Waals surface area contributed by atoms with Gasteiger partial charge in [0.2, 0.25) is 11.0 Å². The second-order valence-corrected chi connectivity index (χ2v) is 9.29. The largest absolute Gasteiger partial charge is 0.374 e. The smallest absolute Gasteiger partial charge is 0.234 e. The topological polar surface area (TPSA) is 80.9 Å². The Morgan fingerprint density at radius 3 is 2.50 bits per heavy atom. The van der Waals surface area contributed by atoms with E-state index in [1.807, 2.05) is 12.1 Å². The number of halogens is 3. The average Bonchev–Trinajstić information content (AvgIpc) is 2.77. The zero-order valence-corrected chi connectivity index (χ0v) is 17.8. The number of rotatable bonds is 4. The standard InChI is InChI=1S/C10H7I3N4OS2/c11-4-1-5(12)8(6(13)2-4)15-7(18)3-19-10-17-16-9(14)20-10/h1-2H,3H2,(H2,14,16)(H,15,18). The van der Waals surface area contributed by atoms with Crippen LogP contribution in [-0.2, 0) is 4.79 Å². The van der Waals surface area contributed by atoms with Crippen molar-refractivity contribution < 1.29 is 4.79 Å². The van der Waals surface area contributed by atoms with Gasteiger partial charge < -0.3 is 11.1 Å². The molecule has 1 heterocycles. The first-order valence-corrected chi connectivity index (χ1v) is 10.2. The van der Waals surface area contributed by atoms with E-state index < -0.39 is 0 Å². The predicted octanol–water partition coefficient (Wildman–Crippen LogP) is 3.66. The van der Waals surface area contributed by atoms with Crippen molar-refractivity contribution in [3.05, 3.63) is 22.8 Å². The van der Waals surface area contributed by atoms with Gasteiger partial charge in [0.05, 0.1) is 11.4 Å². The third kappa shape index (κ3) is 4.81. The van der Waals surface area contributed by atoms with Gasteiger partial charge in [0.15, 0.2) is 4.34 Å². The molecule has 0 atom stereocenters. The average molecular weight is 644 g/mol. The molecule has 0 fully saturated rings. The highest BCUT2D eigenvalue weighted by atomic mass is 127. The van der Waals surface area contributed by atoms with Crippen LogP contribution in [0.4, 0.5) is 10.8 Å². The van der Waals surface area contributed by atoms with Crippen LogP contribution < -0.4 is 11.1 Å². The SMILES string of the molecule is Nc1nnc(SCC(=O)Nc2c(I)cc(I)cc2I)s1. The molecule has 5 nitrogen and oxygen atoms in total. The Balaban J connectivity index is 1.98. The Labute approximate surface area is 164 Å². The summed E-state index contributed by atoms with van der Waals surface area (Å²) >= 11 is 9.31. The second kappa shape index (κ2) is 7.73. The number of nitrogen functional groups attached to an aromatic ring is 1. The fourth-order valence-electron chi connectivity index (χ4n) is 1.24. The van der Waals surface area contributed by atoms with Crippen LogP contribution >= 0.6 is 90.9 Å². The molecular weight excluding hydrogens is 637 g/mol. The summed E-state index contributed by atoms with van der Waals surface area (Å²) < 4.78 is 3.90. The number of anilines is 2. The summed E-state index contributed by atoms with van der Waals surface area (Å²) in [6, 6.07) is 4.05. The van der Waals surface area contributed by atoms with Crippen molar-refractivity contribution in [1.29, 1.82) is 0 Å². The first-order chi connectivity index (χ1) is 9.45. The zero-order valence-electron chi connectivity index (χ0n) is 9.69. The Hall–Kier alpha value is 0.590. The van der Waals surface area contributed by atoms with Crippen molar-refractivity contribution in [3.63, 3.8) is 0 Å². The molecule has 3 N–H and O–H groups in total. The number of carbonyl (C=O) groups excluding carboxylic acids is 1. The predicted molar refractivity (Wildman–Crippen MR) is 108 cm³/mol. The quantitative estimate of drug-likeness (QED) is 0.393. The summed E-state index contributed by atoms with van der Waals surface area (Å²) in [5.74, 6) is 0.216. The van der Waals surface area contributed by atoms with Gasteiger partial charge in [-0.1, -0.05) is 23.1 Å². The summed E-state index contributed by atoms with van der Waals surface area (Å²) in [5.41, 5.74) is 6.35. The van der Waals surface area contributed by atoms with Crippen LogP contribution in [0.2, 0.25) is 0 Å². The van der Waals surface area contributed by atoms with Crippen molar-refractivity contribution in [2.45, 2.75) is 4.34 Å². The summed E-state index contributed by atoms with van der Waals surface area (Å²) in [7, 11) is 0. The molecule has 0 unspecified atom stereocenters. The molecule has 0 aliphatic carbocycles. The number of benzene rings is 1. The summed E-state index contributed by atoms with van der Waals surface area (Å²) in [6.45, 7) is 0. The number of aromatic nitrogens is 2. The van der Waals surface area contributed by atoms with Crippen LogP contribution in [0.5, 0.6) is 0 Å². The van der Waals surface area contributed by atoms with Crippen molar-refractivity contribution in [2.75, 3.05) is 16.8 Å². The molecule has 1 aromatic heterocycles. The number of thioether (sulfide) groups is 1. The van der Waals surface area contributed by atoms with Crippen molar-refractivity contribution in [1.82, 2.24) is 10.2 Å². The first kappa shape index (κ1) is 17.0. The van der Waals surface area contributed by atoms with E-state index in [9.17, 15) is 4.79 Å². The van der Waals surface area contributed by atoms with Crippen LogP contribution in [0.25, 0.3) is 0 Å². The number of nitrogens with one attached hydrogen (secondary N) is 1. The van der Waals surface area contributed by atoms with Gasteiger partial charge in [-0.15, -0.1) is 10.2 Å². The van der Waals surface area contributed by atoms with E-state index in [1.54, 1.807) is 0 Å². The number of nitrogens with two attached hydrogens (primary N) is 1. The molecule has 0 radical (unpaired) electrons. The lowest BCUT2D eigenvalue weighted by molar-refractivity contribution is -0.113. The molecule has 2 rings (SSSR count). The van der Waals surface area contributed by atoms with Crippen LogP contribution in [0, 0.1) is 10.7 Å². The maximum Gasteiger partial charge on any atom is 0.234 e. The maximum atomic E-state index is 12.0. The lowest BCUT2D eigenvalue weighted by atomic mass is 10.3. The van der Waals surface area contributed by atoms with E-state index in [2.05, 4.69) is 83.3 Å². The van der Waals surface area contributed by atoms with E-state index in [-0.39, 0.29) is 11.7 Å². The lowest BCUT2D eigenvalue weighted by Crippen LogP contribution is -2.16. The van der Waals surface area contributed by atoms with Crippen LogP contribution in [0.15, 0.2) is 16.5 Å². The number of amides is 1. The Kier molecular flexibility index (Phi) is 6.55. The van der Waals surface area contributed by atoms with E-state index >= 15 is 0 Å². The Bertz CT molecular complexity index is 626. The highest BCUT2D eigenvalue weighted by molar-refractivity contribution is 14.1. The highest BCUT2D eigenvalue weighted by Crippen LogP contribution is 2.28. The van der Waals surface area contributed by atoms with Gasteiger partial charge >= 0.3 is 0 Å². The third-order valence-electron chi connectivity index (χ3n) is 2.02. The number of nitrogens with zero attached hydrogens (tertiary/aromatic N) is 2. The molecule has 0 spiro atoms. The first-order valence-electron chi connectivity index (χ1n) is 5.12. The molecule has 0 aliphatic rings.